The fourth-order valence-corrected chi connectivity index (χ4v) is 7.38. The minimum Gasteiger partial charge on any atom is -0.219 e. The third kappa shape index (κ3) is 4.26. The Morgan fingerprint density at radius 2 is 1.53 bits per heavy atom. The lowest BCUT2D eigenvalue weighted by molar-refractivity contribution is 0.353. The molecular formula is C24H22ClNO4S2. The van der Waals surface area contributed by atoms with E-state index in [0.29, 0.717) is 10.6 Å². The molecular weight excluding hydrogens is 466 g/mol. The van der Waals surface area contributed by atoms with Crippen LogP contribution in [0.1, 0.15) is 23.6 Å². The van der Waals surface area contributed by atoms with Gasteiger partial charge in [0.2, 0.25) is 19.9 Å². The van der Waals surface area contributed by atoms with E-state index in [0.717, 1.165) is 5.56 Å². The Morgan fingerprint density at radius 3 is 2.19 bits per heavy atom. The highest BCUT2D eigenvalue weighted by atomic mass is 35.5. The Hall–Kier alpha value is -2.45. The van der Waals surface area contributed by atoms with Crippen LogP contribution in [0.3, 0.4) is 0 Å². The fraction of sp³-hybridized carbons (Fsp3) is 0.167. The minimum absolute atomic E-state index is 0.0365. The van der Waals surface area contributed by atoms with Gasteiger partial charge in [0, 0.05) is 11.6 Å². The van der Waals surface area contributed by atoms with Gasteiger partial charge in [-0.05, 0) is 55.3 Å². The summed E-state index contributed by atoms with van der Waals surface area (Å²) in [6.07, 6.45) is 1.90. The largest absolute Gasteiger partial charge is 0.243 e. The van der Waals surface area contributed by atoms with E-state index >= 15 is 0 Å². The summed E-state index contributed by atoms with van der Waals surface area (Å²) in [4.78, 5) is 0.274. The van der Waals surface area contributed by atoms with Crippen molar-refractivity contribution in [2.45, 2.75) is 29.2 Å². The van der Waals surface area contributed by atoms with Crippen LogP contribution in [0.4, 0.5) is 0 Å². The SMILES string of the molecule is Cc1ccc(S(=O)(=O)C2=CCCN(S(=O)(=O)c3ccccc3)C2c2cccc(Cl)c2)cc1. The number of halogens is 1. The number of rotatable bonds is 5. The Kier molecular flexibility index (Phi) is 6.27. The van der Waals surface area contributed by atoms with Crippen LogP contribution in [0.5, 0.6) is 0 Å². The molecule has 0 bridgehead atoms. The molecule has 0 fully saturated rings. The molecule has 1 heterocycles. The molecule has 0 saturated carbocycles. The highest BCUT2D eigenvalue weighted by molar-refractivity contribution is 7.95. The molecule has 0 spiro atoms. The van der Waals surface area contributed by atoms with Gasteiger partial charge in [-0.25, -0.2) is 16.8 Å². The van der Waals surface area contributed by atoms with Gasteiger partial charge >= 0.3 is 0 Å². The zero-order chi connectivity index (χ0) is 22.9. The number of sulfonamides is 1. The molecule has 1 aliphatic rings. The van der Waals surface area contributed by atoms with Gasteiger partial charge < -0.3 is 0 Å². The zero-order valence-electron chi connectivity index (χ0n) is 17.3. The molecule has 0 aliphatic carbocycles. The van der Waals surface area contributed by atoms with Gasteiger partial charge in [0.25, 0.3) is 0 Å². The normalized spacial score (nSPS) is 17.7. The van der Waals surface area contributed by atoms with Crippen molar-refractivity contribution in [3.63, 3.8) is 0 Å². The average molecular weight is 488 g/mol. The van der Waals surface area contributed by atoms with E-state index < -0.39 is 25.9 Å². The highest BCUT2D eigenvalue weighted by Gasteiger charge is 2.41. The maximum atomic E-state index is 13.7. The van der Waals surface area contributed by atoms with Crippen molar-refractivity contribution in [2.24, 2.45) is 0 Å². The van der Waals surface area contributed by atoms with Crippen molar-refractivity contribution >= 4 is 31.5 Å². The fourth-order valence-electron chi connectivity index (χ4n) is 3.82. The van der Waals surface area contributed by atoms with Crippen LogP contribution in [-0.4, -0.2) is 27.7 Å². The molecule has 3 aromatic carbocycles. The van der Waals surface area contributed by atoms with Crippen LogP contribution >= 0.6 is 11.6 Å². The molecule has 166 valence electrons. The van der Waals surface area contributed by atoms with E-state index in [-0.39, 0.29) is 27.7 Å². The molecule has 0 saturated heterocycles. The van der Waals surface area contributed by atoms with Crippen molar-refractivity contribution in [3.8, 4) is 0 Å². The molecule has 0 amide bonds. The maximum absolute atomic E-state index is 13.7. The summed E-state index contributed by atoms with van der Waals surface area (Å²) in [6.45, 7) is 2.03. The summed E-state index contributed by atoms with van der Waals surface area (Å²) in [5, 5.41) is 0.400. The first-order valence-electron chi connectivity index (χ1n) is 10.1. The predicted molar refractivity (Wildman–Crippen MR) is 126 cm³/mol. The number of hydrogen-bond acceptors (Lipinski definition) is 4. The quantitative estimate of drug-likeness (QED) is 0.499. The van der Waals surface area contributed by atoms with Gasteiger partial charge in [0.15, 0.2) is 0 Å². The standard InChI is InChI=1S/C24H22ClNO4S2/c1-18-12-14-21(15-13-18)31(27,28)23-11-6-16-26(24(23)19-7-5-8-20(25)17-19)32(29,30)22-9-3-2-4-10-22/h2-5,7-15,17,24H,6,16H2,1H3. The molecule has 3 aromatic rings. The predicted octanol–water partition coefficient (Wildman–Crippen LogP) is 5.14. The van der Waals surface area contributed by atoms with Gasteiger partial charge in [-0.3, -0.25) is 0 Å². The Balaban J connectivity index is 1.90. The Labute approximate surface area is 193 Å². The van der Waals surface area contributed by atoms with E-state index in [4.69, 9.17) is 11.6 Å². The highest BCUT2D eigenvalue weighted by Crippen LogP contribution is 2.41. The zero-order valence-corrected chi connectivity index (χ0v) is 19.7. The van der Waals surface area contributed by atoms with Crippen LogP contribution in [0.15, 0.2) is 99.6 Å². The lowest BCUT2D eigenvalue weighted by Crippen LogP contribution is -2.40. The summed E-state index contributed by atoms with van der Waals surface area (Å²) < 4.78 is 55.7. The number of aryl methyl sites for hydroxylation is 1. The molecule has 4 rings (SSSR count). The third-order valence-corrected chi connectivity index (χ3v) is 9.43. The second-order valence-corrected chi connectivity index (χ2v) is 11.9. The summed E-state index contributed by atoms with van der Waals surface area (Å²) >= 11 is 6.20. The van der Waals surface area contributed by atoms with Crippen molar-refractivity contribution in [3.05, 3.63) is 106 Å². The number of hydrogen-bond donors (Lipinski definition) is 0. The van der Waals surface area contributed by atoms with Crippen LogP contribution in [0, 0.1) is 6.92 Å². The second kappa shape index (κ2) is 8.83. The summed E-state index contributed by atoms with van der Waals surface area (Å²) in [6, 6.07) is 20.2. The summed E-state index contributed by atoms with van der Waals surface area (Å²) in [5.74, 6) is 0. The molecule has 0 aromatic heterocycles. The molecule has 1 atom stereocenters. The summed E-state index contributed by atoms with van der Waals surface area (Å²) in [5.41, 5.74) is 1.43. The van der Waals surface area contributed by atoms with Crippen LogP contribution < -0.4 is 0 Å². The van der Waals surface area contributed by atoms with Gasteiger partial charge in [-0.1, -0.05) is 65.7 Å². The molecule has 1 aliphatic heterocycles. The maximum Gasteiger partial charge on any atom is 0.243 e. The van der Waals surface area contributed by atoms with E-state index in [1.165, 1.54) is 16.4 Å². The van der Waals surface area contributed by atoms with Gasteiger partial charge in [0.05, 0.1) is 20.7 Å². The monoisotopic (exact) mass is 487 g/mol. The Bertz CT molecular complexity index is 1370. The summed E-state index contributed by atoms with van der Waals surface area (Å²) in [7, 11) is -7.92. The third-order valence-electron chi connectivity index (χ3n) is 5.41. The van der Waals surface area contributed by atoms with Crippen LogP contribution in [0.2, 0.25) is 5.02 Å². The van der Waals surface area contributed by atoms with E-state index in [2.05, 4.69) is 0 Å². The number of nitrogens with zero attached hydrogens (tertiary/aromatic N) is 1. The smallest absolute Gasteiger partial charge is 0.219 e. The first-order chi connectivity index (χ1) is 15.2. The molecule has 8 heteroatoms. The van der Waals surface area contributed by atoms with Crippen molar-refractivity contribution in [2.75, 3.05) is 6.54 Å². The molecule has 0 radical (unpaired) electrons. The minimum atomic E-state index is -3.97. The first kappa shape index (κ1) is 22.7. The molecule has 1 unspecified atom stereocenters. The van der Waals surface area contributed by atoms with E-state index in [1.54, 1.807) is 72.8 Å². The first-order valence-corrected chi connectivity index (χ1v) is 13.4. The van der Waals surface area contributed by atoms with Gasteiger partial charge in [-0.15, -0.1) is 0 Å². The van der Waals surface area contributed by atoms with Crippen molar-refractivity contribution < 1.29 is 16.8 Å². The lowest BCUT2D eigenvalue weighted by atomic mass is 10.0. The van der Waals surface area contributed by atoms with Crippen LogP contribution in [-0.2, 0) is 19.9 Å². The van der Waals surface area contributed by atoms with Crippen molar-refractivity contribution in [1.82, 2.24) is 4.31 Å². The van der Waals surface area contributed by atoms with E-state index in [9.17, 15) is 16.8 Å². The molecule has 32 heavy (non-hydrogen) atoms. The lowest BCUT2D eigenvalue weighted by Gasteiger charge is -2.35. The van der Waals surface area contributed by atoms with Crippen LogP contribution in [0.25, 0.3) is 0 Å². The number of benzene rings is 3. The number of sulfone groups is 1. The van der Waals surface area contributed by atoms with Gasteiger partial charge in [-0.2, -0.15) is 4.31 Å². The second-order valence-electron chi connectivity index (χ2n) is 7.60. The van der Waals surface area contributed by atoms with Crippen molar-refractivity contribution in [1.29, 1.82) is 0 Å². The van der Waals surface area contributed by atoms with E-state index in [1.807, 2.05) is 6.92 Å². The topological polar surface area (TPSA) is 71.5 Å². The van der Waals surface area contributed by atoms with Gasteiger partial charge in [0.1, 0.15) is 0 Å². The molecule has 5 nitrogen and oxygen atoms in total. The molecule has 0 N–H and O–H groups in total. The average Bonchev–Trinajstić information content (AvgIpc) is 2.79. The Morgan fingerprint density at radius 1 is 0.844 bits per heavy atom.